The van der Waals surface area contributed by atoms with E-state index in [9.17, 15) is 4.79 Å². The number of ether oxygens (including phenoxy) is 2. The second kappa shape index (κ2) is 7.92. The number of pyridine rings is 1. The van der Waals surface area contributed by atoms with Gasteiger partial charge in [0.15, 0.2) is 0 Å². The van der Waals surface area contributed by atoms with Gasteiger partial charge in [-0.05, 0) is 12.1 Å². The van der Waals surface area contributed by atoms with Crippen LogP contribution in [0.1, 0.15) is 12.2 Å². The van der Waals surface area contributed by atoms with Gasteiger partial charge in [-0.15, -0.1) is 0 Å². The van der Waals surface area contributed by atoms with Crippen LogP contribution < -0.4 is 4.74 Å². The number of methoxy groups -OCH3 is 1. The highest BCUT2D eigenvalue weighted by atomic mass is 16.5. The van der Waals surface area contributed by atoms with Crippen molar-refractivity contribution in [3.8, 4) is 5.75 Å². The van der Waals surface area contributed by atoms with E-state index in [-0.39, 0.29) is 11.8 Å². The van der Waals surface area contributed by atoms with Crippen LogP contribution in [0, 0.1) is 5.92 Å². The van der Waals surface area contributed by atoms with Crippen LogP contribution in [0.4, 0.5) is 0 Å². The second-order valence-electron chi connectivity index (χ2n) is 5.88. The molecule has 1 unspecified atom stereocenters. The fraction of sp³-hybridized carbons (Fsp3) is 0.471. The largest absolute Gasteiger partial charge is 0.492 e. The maximum absolute atomic E-state index is 12.4. The minimum absolute atomic E-state index is 0.0830. The molecule has 24 heavy (non-hydrogen) atoms. The van der Waals surface area contributed by atoms with Crippen molar-refractivity contribution in [1.82, 2.24) is 19.4 Å². The molecule has 0 N–H and O–H groups in total. The van der Waals surface area contributed by atoms with Crippen molar-refractivity contribution < 1.29 is 14.3 Å². The van der Waals surface area contributed by atoms with Gasteiger partial charge in [-0.2, -0.15) is 0 Å². The highest BCUT2D eigenvalue weighted by Gasteiger charge is 2.25. The predicted octanol–water partition coefficient (Wildman–Crippen LogP) is 1.35. The SMILES string of the molecule is COCCC(=O)N1Cc2nccn2CC(COc2cccnc2)C1. The summed E-state index contributed by atoms with van der Waals surface area (Å²) in [7, 11) is 1.60. The number of fused-ring (bicyclic) bond motifs is 1. The lowest BCUT2D eigenvalue weighted by molar-refractivity contribution is -0.133. The molecule has 128 valence electrons. The molecule has 1 aliphatic rings. The first kappa shape index (κ1) is 16.4. The summed E-state index contributed by atoms with van der Waals surface area (Å²) in [6, 6.07) is 3.73. The standard InChI is InChI=1S/C17H22N4O3/c1-23-8-4-17(22)21-11-14(10-20-7-6-19-16(20)12-21)13-24-15-3-2-5-18-9-15/h2-3,5-7,9,14H,4,8,10-13H2,1H3. The lowest BCUT2D eigenvalue weighted by atomic mass is 10.1. The minimum Gasteiger partial charge on any atom is -0.492 e. The van der Waals surface area contributed by atoms with E-state index in [4.69, 9.17) is 9.47 Å². The van der Waals surface area contributed by atoms with Gasteiger partial charge in [-0.1, -0.05) is 0 Å². The quantitative estimate of drug-likeness (QED) is 0.800. The van der Waals surface area contributed by atoms with Gasteiger partial charge < -0.3 is 18.9 Å². The predicted molar refractivity (Wildman–Crippen MR) is 87.4 cm³/mol. The molecule has 0 radical (unpaired) electrons. The van der Waals surface area contributed by atoms with Gasteiger partial charge in [0.1, 0.15) is 11.6 Å². The molecule has 3 rings (SSSR count). The van der Waals surface area contributed by atoms with Gasteiger partial charge >= 0.3 is 0 Å². The molecular formula is C17H22N4O3. The summed E-state index contributed by atoms with van der Waals surface area (Å²) in [6.45, 7) is 2.91. The Labute approximate surface area is 141 Å². The summed E-state index contributed by atoms with van der Waals surface area (Å²) in [5.74, 6) is 1.92. The van der Waals surface area contributed by atoms with Crippen molar-refractivity contribution in [3.63, 3.8) is 0 Å². The molecule has 0 aliphatic carbocycles. The second-order valence-corrected chi connectivity index (χ2v) is 5.88. The molecule has 7 nitrogen and oxygen atoms in total. The van der Waals surface area contributed by atoms with Crippen molar-refractivity contribution in [2.75, 3.05) is 26.9 Å². The Morgan fingerprint density at radius 3 is 3.08 bits per heavy atom. The molecular weight excluding hydrogens is 308 g/mol. The van der Waals surface area contributed by atoms with Crippen LogP contribution in [-0.2, 0) is 22.6 Å². The Balaban J connectivity index is 1.68. The van der Waals surface area contributed by atoms with Crippen LogP contribution >= 0.6 is 0 Å². The third-order valence-electron chi connectivity index (χ3n) is 4.06. The summed E-state index contributed by atoms with van der Waals surface area (Å²) in [6.07, 6.45) is 7.52. The van der Waals surface area contributed by atoms with Crippen molar-refractivity contribution in [2.45, 2.75) is 19.5 Å². The number of rotatable bonds is 6. The van der Waals surface area contributed by atoms with E-state index < -0.39 is 0 Å². The number of carbonyl (C=O) groups excluding carboxylic acids is 1. The summed E-state index contributed by atoms with van der Waals surface area (Å²) in [4.78, 5) is 22.7. The zero-order chi connectivity index (χ0) is 16.8. The van der Waals surface area contributed by atoms with Crippen LogP contribution in [0.5, 0.6) is 5.75 Å². The first-order valence-corrected chi connectivity index (χ1v) is 8.06. The number of aromatic nitrogens is 3. The van der Waals surface area contributed by atoms with Crippen LogP contribution in [-0.4, -0.2) is 52.2 Å². The first-order valence-electron chi connectivity index (χ1n) is 8.06. The summed E-state index contributed by atoms with van der Waals surface area (Å²) in [5.41, 5.74) is 0. The van der Waals surface area contributed by atoms with Crippen molar-refractivity contribution in [3.05, 3.63) is 42.7 Å². The lowest BCUT2D eigenvalue weighted by Crippen LogP contribution is -2.36. The molecule has 2 aromatic rings. The monoisotopic (exact) mass is 330 g/mol. The molecule has 0 bridgehead atoms. The van der Waals surface area contributed by atoms with Gasteiger partial charge in [0.2, 0.25) is 5.91 Å². The number of carbonyl (C=O) groups is 1. The van der Waals surface area contributed by atoms with E-state index in [0.717, 1.165) is 18.1 Å². The molecule has 0 fully saturated rings. The van der Waals surface area contributed by atoms with E-state index in [1.54, 1.807) is 25.7 Å². The maximum atomic E-state index is 12.4. The summed E-state index contributed by atoms with van der Waals surface area (Å²) >= 11 is 0. The summed E-state index contributed by atoms with van der Waals surface area (Å²) in [5, 5.41) is 0. The molecule has 0 aromatic carbocycles. The normalized spacial score (nSPS) is 17.2. The van der Waals surface area contributed by atoms with E-state index in [2.05, 4.69) is 14.5 Å². The fourth-order valence-corrected chi connectivity index (χ4v) is 2.83. The molecule has 7 heteroatoms. The average molecular weight is 330 g/mol. The molecule has 0 saturated carbocycles. The number of imidazole rings is 1. The summed E-state index contributed by atoms with van der Waals surface area (Å²) < 4.78 is 13.0. The van der Waals surface area contributed by atoms with E-state index in [1.165, 1.54) is 0 Å². The van der Waals surface area contributed by atoms with Gasteiger partial charge in [0.25, 0.3) is 0 Å². The zero-order valence-electron chi connectivity index (χ0n) is 13.8. The number of hydrogen-bond donors (Lipinski definition) is 0. The maximum Gasteiger partial charge on any atom is 0.225 e. The lowest BCUT2D eigenvalue weighted by Gasteiger charge is -2.24. The molecule has 3 heterocycles. The smallest absolute Gasteiger partial charge is 0.225 e. The molecule has 0 spiro atoms. The van der Waals surface area contributed by atoms with Crippen LogP contribution in [0.2, 0.25) is 0 Å². The highest BCUT2D eigenvalue weighted by molar-refractivity contribution is 5.76. The van der Waals surface area contributed by atoms with Gasteiger partial charge in [0.05, 0.1) is 32.4 Å². The average Bonchev–Trinajstić information content (AvgIpc) is 2.96. The van der Waals surface area contributed by atoms with Crippen molar-refractivity contribution in [1.29, 1.82) is 0 Å². The van der Waals surface area contributed by atoms with Crippen LogP contribution in [0.25, 0.3) is 0 Å². The number of hydrogen-bond acceptors (Lipinski definition) is 5. The highest BCUT2D eigenvalue weighted by Crippen LogP contribution is 2.18. The van der Waals surface area contributed by atoms with Crippen LogP contribution in [0.3, 0.4) is 0 Å². The molecule has 0 saturated heterocycles. The molecule has 1 aliphatic heterocycles. The fourth-order valence-electron chi connectivity index (χ4n) is 2.83. The van der Waals surface area contributed by atoms with Gasteiger partial charge in [0, 0.05) is 44.7 Å². The zero-order valence-corrected chi connectivity index (χ0v) is 13.8. The first-order chi connectivity index (χ1) is 11.8. The Morgan fingerprint density at radius 2 is 2.29 bits per heavy atom. The van der Waals surface area contributed by atoms with E-state index in [0.29, 0.717) is 32.7 Å². The van der Waals surface area contributed by atoms with Gasteiger partial charge in [-0.3, -0.25) is 9.78 Å². The van der Waals surface area contributed by atoms with E-state index >= 15 is 0 Å². The third-order valence-corrected chi connectivity index (χ3v) is 4.06. The van der Waals surface area contributed by atoms with Crippen molar-refractivity contribution in [2.24, 2.45) is 5.92 Å². The molecule has 1 amide bonds. The minimum atomic E-state index is 0.0830. The van der Waals surface area contributed by atoms with E-state index in [1.807, 2.05) is 23.2 Å². The Morgan fingerprint density at radius 1 is 1.38 bits per heavy atom. The Hall–Kier alpha value is -2.41. The topological polar surface area (TPSA) is 69.5 Å². The third kappa shape index (κ3) is 4.11. The Kier molecular flexibility index (Phi) is 5.43. The Bertz CT molecular complexity index is 659. The number of amides is 1. The van der Waals surface area contributed by atoms with Crippen LogP contribution in [0.15, 0.2) is 36.9 Å². The molecule has 1 atom stereocenters. The van der Waals surface area contributed by atoms with Crippen molar-refractivity contribution >= 4 is 5.91 Å². The molecule has 2 aromatic heterocycles. The number of nitrogens with zero attached hydrogens (tertiary/aromatic N) is 4. The van der Waals surface area contributed by atoms with Gasteiger partial charge in [-0.25, -0.2) is 4.98 Å².